The first-order valence-corrected chi connectivity index (χ1v) is 10.8. The third kappa shape index (κ3) is 2.85. The van der Waals surface area contributed by atoms with Crippen molar-refractivity contribution in [3.05, 3.63) is 65.4 Å². The van der Waals surface area contributed by atoms with Crippen LogP contribution in [0.4, 0.5) is 11.4 Å². The molecule has 0 saturated carbocycles. The summed E-state index contributed by atoms with van der Waals surface area (Å²) in [7, 11) is -2.73. The van der Waals surface area contributed by atoms with Crippen LogP contribution in [0.15, 0.2) is 57.8 Å². The van der Waals surface area contributed by atoms with Gasteiger partial charge < -0.3 is 14.5 Å². The highest BCUT2D eigenvalue weighted by atomic mass is 32.2. The Bertz CT molecular complexity index is 1530. The van der Waals surface area contributed by atoms with Crippen LogP contribution in [0.25, 0.3) is 21.7 Å². The van der Waals surface area contributed by atoms with Crippen molar-refractivity contribution in [2.75, 3.05) is 17.1 Å². The molecule has 0 fully saturated rings. The average Bonchev–Trinajstić information content (AvgIpc) is 3.24. The fraction of sp³-hybridized carbons (Fsp3) is 0.0909. The van der Waals surface area contributed by atoms with Gasteiger partial charge in [0.2, 0.25) is 0 Å². The lowest BCUT2D eigenvalue weighted by atomic mass is 10.1. The molecule has 0 bridgehead atoms. The van der Waals surface area contributed by atoms with Crippen LogP contribution in [-0.4, -0.2) is 27.4 Å². The highest BCUT2D eigenvalue weighted by molar-refractivity contribution is 7.93. The molecule has 4 aromatic rings. The Hall–Kier alpha value is -3.85. The molecule has 8 nitrogen and oxygen atoms in total. The van der Waals surface area contributed by atoms with E-state index >= 15 is 0 Å². The summed E-state index contributed by atoms with van der Waals surface area (Å²) in [5.74, 6) is -0.452. The number of furan rings is 1. The van der Waals surface area contributed by atoms with Crippen LogP contribution in [0.5, 0.6) is 0 Å². The summed E-state index contributed by atoms with van der Waals surface area (Å²) < 4.78 is 39.4. The maximum atomic E-state index is 13.2. The van der Waals surface area contributed by atoms with E-state index in [1.54, 1.807) is 43.3 Å². The lowest BCUT2D eigenvalue weighted by molar-refractivity contribution is 0.0600. The number of rotatable bonds is 4. The molecule has 1 aromatic heterocycles. The summed E-state index contributed by atoms with van der Waals surface area (Å²) >= 11 is 0. The summed E-state index contributed by atoms with van der Waals surface area (Å²) in [5, 5.41) is 4.19. The summed E-state index contributed by atoms with van der Waals surface area (Å²) in [4.78, 5) is 24.3. The van der Waals surface area contributed by atoms with Crippen molar-refractivity contribution in [3.63, 3.8) is 0 Å². The lowest BCUT2D eigenvalue weighted by Crippen LogP contribution is -2.13. The predicted octanol–water partition coefficient (Wildman–Crippen LogP) is 4.05. The molecule has 2 heterocycles. The molecule has 0 saturated heterocycles. The third-order valence-electron chi connectivity index (χ3n) is 5.29. The van der Waals surface area contributed by atoms with Crippen molar-refractivity contribution in [1.82, 2.24) is 0 Å². The van der Waals surface area contributed by atoms with Crippen molar-refractivity contribution < 1.29 is 27.2 Å². The summed E-state index contributed by atoms with van der Waals surface area (Å²) in [6, 6.07) is 12.7. The van der Waals surface area contributed by atoms with Gasteiger partial charge in [0.05, 0.1) is 12.0 Å². The van der Waals surface area contributed by atoms with Gasteiger partial charge in [-0.15, -0.1) is 0 Å². The normalized spacial score (nSPS) is 12.9. The van der Waals surface area contributed by atoms with Crippen LogP contribution < -0.4 is 10.0 Å². The molecule has 5 rings (SSSR count). The minimum Gasteiger partial charge on any atom is -0.465 e. The topological polar surface area (TPSA) is 115 Å². The number of ether oxygens (including phenoxy) is 1. The second-order valence-corrected chi connectivity index (χ2v) is 8.79. The Morgan fingerprint density at radius 2 is 1.90 bits per heavy atom. The van der Waals surface area contributed by atoms with Crippen LogP contribution in [0.3, 0.4) is 0 Å². The number of hydrogen-bond donors (Lipinski definition) is 2. The smallest absolute Gasteiger partial charge is 0.342 e. The molecule has 3 aromatic carbocycles. The molecular formula is C22H16N2O6S. The Kier molecular flexibility index (Phi) is 4.06. The van der Waals surface area contributed by atoms with Crippen molar-refractivity contribution in [2.45, 2.75) is 11.8 Å². The molecule has 0 unspecified atom stereocenters. The SMILES string of the molecule is COC(=O)c1c(C)oc2ccc(NS(=O)(=O)c3ccc4c5c(cccc35)C(=O)N4)cc12. The van der Waals surface area contributed by atoms with E-state index in [1.807, 2.05) is 0 Å². The van der Waals surface area contributed by atoms with Gasteiger partial charge in [-0.3, -0.25) is 9.52 Å². The molecule has 0 spiro atoms. The van der Waals surface area contributed by atoms with Crippen LogP contribution in [0.2, 0.25) is 0 Å². The van der Waals surface area contributed by atoms with E-state index in [1.165, 1.54) is 19.2 Å². The number of fused-ring (bicyclic) bond motifs is 1. The fourth-order valence-electron chi connectivity index (χ4n) is 3.95. The Morgan fingerprint density at radius 3 is 2.68 bits per heavy atom. The van der Waals surface area contributed by atoms with Gasteiger partial charge in [-0.1, -0.05) is 12.1 Å². The van der Waals surface area contributed by atoms with E-state index in [-0.39, 0.29) is 22.1 Å². The van der Waals surface area contributed by atoms with Gasteiger partial charge in [0.25, 0.3) is 15.9 Å². The Morgan fingerprint density at radius 1 is 1.10 bits per heavy atom. The maximum Gasteiger partial charge on any atom is 0.342 e. The number of amides is 1. The lowest BCUT2D eigenvalue weighted by Gasteiger charge is -2.11. The molecule has 1 aliphatic heterocycles. The van der Waals surface area contributed by atoms with Crippen molar-refractivity contribution in [1.29, 1.82) is 0 Å². The number of anilines is 2. The second-order valence-electron chi connectivity index (χ2n) is 7.13. The number of sulfonamides is 1. The molecule has 1 aliphatic rings. The van der Waals surface area contributed by atoms with E-state index < -0.39 is 16.0 Å². The zero-order valence-corrected chi connectivity index (χ0v) is 17.3. The largest absolute Gasteiger partial charge is 0.465 e. The minimum atomic E-state index is -4.00. The number of methoxy groups -OCH3 is 1. The summed E-state index contributed by atoms with van der Waals surface area (Å²) in [5.41, 5.74) is 1.95. The summed E-state index contributed by atoms with van der Waals surface area (Å²) in [6.07, 6.45) is 0. The standard InChI is InChI=1S/C22H16N2O6S/c1-11-19(22(26)29-2)15-10-12(6-8-17(15)30-11)24-31(27,28)18-9-7-16-20-13(18)4-3-5-14(20)21(25)23-16/h3-10,24H,1-2H3,(H,23,25). The molecule has 9 heteroatoms. The van der Waals surface area contributed by atoms with Gasteiger partial charge in [0.15, 0.2) is 0 Å². The number of esters is 1. The molecular weight excluding hydrogens is 420 g/mol. The number of hydrogen-bond acceptors (Lipinski definition) is 6. The zero-order chi connectivity index (χ0) is 21.9. The van der Waals surface area contributed by atoms with Gasteiger partial charge in [-0.05, 0) is 43.3 Å². The second kappa shape index (κ2) is 6.58. The molecule has 0 atom stereocenters. The molecule has 0 aliphatic carbocycles. The van der Waals surface area contributed by atoms with Gasteiger partial charge in [-0.25, -0.2) is 13.2 Å². The molecule has 1 amide bonds. The molecule has 31 heavy (non-hydrogen) atoms. The number of nitrogens with one attached hydrogen (secondary N) is 2. The van der Waals surface area contributed by atoms with Crippen LogP contribution >= 0.6 is 0 Å². The minimum absolute atomic E-state index is 0.0428. The number of carbonyl (C=O) groups excluding carboxylic acids is 2. The fourth-order valence-corrected chi connectivity index (χ4v) is 5.20. The van der Waals surface area contributed by atoms with E-state index in [4.69, 9.17) is 9.15 Å². The Labute approximate surface area is 176 Å². The monoisotopic (exact) mass is 436 g/mol. The zero-order valence-electron chi connectivity index (χ0n) is 16.5. The van der Waals surface area contributed by atoms with Crippen molar-refractivity contribution in [3.8, 4) is 0 Å². The number of carbonyl (C=O) groups is 2. The van der Waals surface area contributed by atoms with Crippen LogP contribution in [0.1, 0.15) is 26.5 Å². The first-order valence-electron chi connectivity index (χ1n) is 9.31. The number of benzene rings is 3. The highest BCUT2D eigenvalue weighted by Crippen LogP contribution is 2.37. The van der Waals surface area contributed by atoms with Gasteiger partial charge in [0, 0.05) is 33.1 Å². The summed E-state index contributed by atoms with van der Waals surface area (Å²) in [6.45, 7) is 1.64. The first kappa shape index (κ1) is 19.1. The van der Waals surface area contributed by atoms with E-state index in [2.05, 4.69) is 10.0 Å². The maximum absolute atomic E-state index is 13.2. The van der Waals surface area contributed by atoms with Crippen LogP contribution in [-0.2, 0) is 14.8 Å². The number of aryl methyl sites for hydroxylation is 1. The van der Waals surface area contributed by atoms with Crippen LogP contribution in [0, 0.1) is 6.92 Å². The van der Waals surface area contributed by atoms with Gasteiger partial charge >= 0.3 is 5.97 Å². The van der Waals surface area contributed by atoms with E-state index in [0.717, 1.165) is 0 Å². The van der Waals surface area contributed by atoms with Crippen molar-refractivity contribution >= 4 is 55.0 Å². The molecule has 2 N–H and O–H groups in total. The van der Waals surface area contributed by atoms with Gasteiger partial charge in [-0.2, -0.15) is 0 Å². The quantitative estimate of drug-likeness (QED) is 0.467. The first-order chi connectivity index (χ1) is 14.8. The molecule has 156 valence electrons. The van der Waals surface area contributed by atoms with Gasteiger partial charge in [0.1, 0.15) is 16.9 Å². The molecule has 0 radical (unpaired) electrons. The van der Waals surface area contributed by atoms with E-state index in [0.29, 0.717) is 38.8 Å². The van der Waals surface area contributed by atoms with Crippen molar-refractivity contribution in [2.24, 2.45) is 0 Å². The van der Waals surface area contributed by atoms with E-state index in [9.17, 15) is 18.0 Å². The average molecular weight is 436 g/mol. The highest BCUT2D eigenvalue weighted by Gasteiger charge is 2.27. The Balaban J connectivity index is 1.61. The predicted molar refractivity (Wildman–Crippen MR) is 115 cm³/mol. The third-order valence-corrected chi connectivity index (χ3v) is 6.73.